The molecule has 1 aromatic rings. The number of phenols is 1. The topological polar surface area (TPSA) is 63.4 Å². The minimum absolute atomic E-state index is 0. The van der Waals surface area contributed by atoms with Crippen LogP contribution in [-0.2, 0) is 0 Å². The maximum Gasteiger partial charge on any atom is 1.00 e. The van der Waals surface area contributed by atoms with Gasteiger partial charge in [-0.15, -0.1) is 0 Å². The second-order valence-electron chi connectivity index (χ2n) is 1.75. The first-order valence-corrected chi connectivity index (χ1v) is 2.64. The standard InChI is InChI=1S/C6H5NO3.K/c8-6-4-2-1-3-5(6)7(9)10;/h1-4,8H;/q;+1. The van der Waals surface area contributed by atoms with Crippen molar-refractivity contribution in [1.82, 2.24) is 0 Å². The van der Waals surface area contributed by atoms with Crippen LogP contribution in [0.4, 0.5) is 5.69 Å². The van der Waals surface area contributed by atoms with E-state index in [0.717, 1.165) is 0 Å². The quantitative estimate of drug-likeness (QED) is 0.317. The molecule has 0 amide bonds. The van der Waals surface area contributed by atoms with Crippen LogP contribution in [0.2, 0.25) is 0 Å². The summed E-state index contributed by atoms with van der Waals surface area (Å²) in [6.07, 6.45) is 0. The van der Waals surface area contributed by atoms with Gasteiger partial charge in [-0.3, -0.25) is 10.1 Å². The Morgan fingerprint density at radius 1 is 1.36 bits per heavy atom. The van der Waals surface area contributed by atoms with Crippen LogP contribution in [0.3, 0.4) is 0 Å². The van der Waals surface area contributed by atoms with Gasteiger partial charge in [-0.25, -0.2) is 0 Å². The van der Waals surface area contributed by atoms with E-state index >= 15 is 0 Å². The Morgan fingerprint density at radius 3 is 2.27 bits per heavy atom. The Hall–Kier alpha value is 0.0564. The molecular formula is C6H5KNO3+. The van der Waals surface area contributed by atoms with Gasteiger partial charge in [-0.05, 0) is 6.07 Å². The van der Waals surface area contributed by atoms with E-state index in [1.165, 1.54) is 24.3 Å². The SMILES string of the molecule is O=[N+]([O-])c1ccccc1O.[K+]. The molecule has 0 aromatic heterocycles. The average Bonchev–Trinajstić information content (AvgIpc) is 1.88. The number of nitro groups is 1. The number of nitro benzene ring substituents is 1. The molecule has 5 heteroatoms. The fourth-order valence-corrected chi connectivity index (χ4v) is 0.619. The smallest absolute Gasteiger partial charge is 0.502 e. The summed E-state index contributed by atoms with van der Waals surface area (Å²) in [7, 11) is 0. The van der Waals surface area contributed by atoms with Gasteiger partial charge in [0.2, 0.25) is 0 Å². The summed E-state index contributed by atoms with van der Waals surface area (Å²) in [5, 5.41) is 18.9. The van der Waals surface area contributed by atoms with Crippen LogP contribution in [0.1, 0.15) is 0 Å². The number of rotatable bonds is 1. The molecule has 0 heterocycles. The van der Waals surface area contributed by atoms with Gasteiger partial charge in [-0.2, -0.15) is 0 Å². The number of phenolic OH excluding ortho intramolecular Hbond substituents is 1. The molecule has 1 N–H and O–H groups in total. The molecule has 0 aliphatic carbocycles. The molecule has 1 rings (SSSR count). The van der Waals surface area contributed by atoms with Gasteiger partial charge in [0.25, 0.3) is 0 Å². The van der Waals surface area contributed by atoms with E-state index in [4.69, 9.17) is 5.11 Å². The van der Waals surface area contributed by atoms with Gasteiger partial charge in [-0.1, -0.05) is 12.1 Å². The Bertz CT molecular complexity index is 264. The van der Waals surface area contributed by atoms with Crippen molar-refractivity contribution in [2.45, 2.75) is 0 Å². The van der Waals surface area contributed by atoms with Crippen molar-refractivity contribution in [2.75, 3.05) is 0 Å². The van der Waals surface area contributed by atoms with Crippen LogP contribution in [-0.4, -0.2) is 10.0 Å². The van der Waals surface area contributed by atoms with Gasteiger partial charge >= 0.3 is 57.1 Å². The molecule has 52 valence electrons. The van der Waals surface area contributed by atoms with Crippen LogP contribution < -0.4 is 51.4 Å². The minimum atomic E-state index is -0.630. The van der Waals surface area contributed by atoms with Crippen molar-refractivity contribution in [1.29, 1.82) is 0 Å². The number of benzene rings is 1. The van der Waals surface area contributed by atoms with Crippen molar-refractivity contribution in [3.8, 4) is 5.75 Å². The molecule has 1 aromatic carbocycles. The van der Waals surface area contributed by atoms with Crippen LogP contribution in [0, 0.1) is 10.1 Å². The van der Waals surface area contributed by atoms with Gasteiger partial charge in [0.05, 0.1) is 4.92 Å². The third-order valence-electron chi connectivity index (χ3n) is 1.08. The third-order valence-corrected chi connectivity index (χ3v) is 1.08. The fraction of sp³-hybridized carbons (Fsp3) is 0. The first-order valence-electron chi connectivity index (χ1n) is 2.64. The second kappa shape index (κ2) is 4.84. The molecule has 0 saturated carbocycles. The van der Waals surface area contributed by atoms with Crippen LogP contribution in [0.15, 0.2) is 24.3 Å². The molecule has 0 radical (unpaired) electrons. The van der Waals surface area contributed by atoms with Crippen LogP contribution in [0.25, 0.3) is 0 Å². The summed E-state index contributed by atoms with van der Waals surface area (Å²) in [6, 6.07) is 5.55. The first-order chi connectivity index (χ1) is 4.72. The Morgan fingerprint density at radius 2 is 1.91 bits per heavy atom. The summed E-state index contributed by atoms with van der Waals surface area (Å²) < 4.78 is 0. The van der Waals surface area contributed by atoms with E-state index in [9.17, 15) is 10.1 Å². The van der Waals surface area contributed by atoms with Crippen molar-refractivity contribution in [2.24, 2.45) is 0 Å². The molecule has 11 heavy (non-hydrogen) atoms. The van der Waals surface area contributed by atoms with Crippen molar-refractivity contribution in [3.05, 3.63) is 34.4 Å². The van der Waals surface area contributed by atoms with Gasteiger partial charge < -0.3 is 5.11 Å². The summed E-state index contributed by atoms with van der Waals surface area (Å²) in [5.74, 6) is -0.299. The normalized spacial score (nSPS) is 8.36. The Balaban J connectivity index is 0.000001000. The molecule has 0 aliphatic rings. The van der Waals surface area contributed by atoms with Crippen molar-refractivity contribution in [3.63, 3.8) is 0 Å². The molecule has 0 atom stereocenters. The predicted octanol–water partition coefficient (Wildman–Crippen LogP) is -1.70. The largest absolute Gasteiger partial charge is 1.00 e. The van der Waals surface area contributed by atoms with E-state index in [1.54, 1.807) is 0 Å². The van der Waals surface area contributed by atoms with Crippen LogP contribution >= 0.6 is 0 Å². The maximum absolute atomic E-state index is 10.1. The molecule has 0 fully saturated rings. The Kier molecular flexibility index (Phi) is 4.86. The molecule has 0 bridgehead atoms. The summed E-state index contributed by atoms with van der Waals surface area (Å²) in [6.45, 7) is 0. The minimum Gasteiger partial charge on any atom is -0.502 e. The first kappa shape index (κ1) is 11.1. The Labute approximate surface area is 106 Å². The number of para-hydroxylation sites is 2. The zero-order chi connectivity index (χ0) is 7.56. The van der Waals surface area contributed by atoms with E-state index in [-0.39, 0.29) is 62.8 Å². The zero-order valence-corrected chi connectivity index (χ0v) is 9.14. The number of aromatic hydroxyl groups is 1. The molecule has 0 saturated heterocycles. The van der Waals surface area contributed by atoms with Gasteiger partial charge in [0, 0.05) is 6.07 Å². The second-order valence-corrected chi connectivity index (χ2v) is 1.75. The molecule has 0 aliphatic heterocycles. The summed E-state index contributed by atoms with van der Waals surface area (Å²) in [4.78, 5) is 9.44. The number of nitrogens with zero attached hydrogens (tertiary/aromatic N) is 1. The van der Waals surface area contributed by atoms with Crippen molar-refractivity contribution < 1.29 is 61.4 Å². The van der Waals surface area contributed by atoms with Gasteiger partial charge in [0.15, 0.2) is 5.75 Å². The van der Waals surface area contributed by atoms with Crippen LogP contribution in [0.5, 0.6) is 5.75 Å². The van der Waals surface area contributed by atoms with E-state index in [2.05, 4.69) is 0 Å². The van der Waals surface area contributed by atoms with E-state index < -0.39 is 4.92 Å². The van der Waals surface area contributed by atoms with Gasteiger partial charge in [0.1, 0.15) is 0 Å². The predicted molar refractivity (Wildman–Crippen MR) is 34.8 cm³/mol. The molecular weight excluding hydrogens is 173 g/mol. The summed E-state index contributed by atoms with van der Waals surface area (Å²) >= 11 is 0. The van der Waals surface area contributed by atoms with E-state index in [0.29, 0.717) is 0 Å². The average molecular weight is 178 g/mol. The third kappa shape index (κ3) is 2.88. The number of hydrogen-bond acceptors (Lipinski definition) is 3. The van der Waals surface area contributed by atoms with E-state index in [1.807, 2.05) is 0 Å². The maximum atomic E-state index is 10.1. The van der Waals surface area contributed by atoms with Crippen molar-refractivity contribution >= 4 is 5.69 Å². The fourth-order valence-electron chi connectivity index (χ4n) is 0.619. The zero-order valence-electron chi connectivity index (χ0n) is 6.02. The molecule has 0 unspecified atom stereocenters. The molecule has 4 nitrogen and oxygen atoms in total. The number of hydrogen-bond donors (Lipinski definition) is 1. The summed E-state index contributed by atoms with van der Waals surface area (Å²) in [5.41, 5.74) is -0.262. The molecule has 0 spiro atoms. The monoisotopic (exact) mass is 178 g/mol.